The Morgan fingerprint density at radius 3 is 2.18 bits per heavy atom. The second-order valence-corrected chi connectivity index (χ2v) is 14.0. The molecule has 2 atom stereocenters. The zero-order chi connectivity index (χ0) is 30.1. The fraction of sp³-hybridized carbons (Fsp3) is 0.116. The number of fused-ring (bicyclic) bond motifs is 8. The van der Waals surface area contributed by atoms with Crippen LogP contribution in [0, 0.1) is 5.92 Å². The number of thiophene rings is 1. The van der Waals surface area contributed by atoms with Gasteiger partial charge in [0.05, 0.1) is 5.69 Å². The third-order valence-electron chi connectivity index (χ3n) is 10.2. The fourth-order valence-electron chi connectivity index (χ4n) is 7.89. The number of hydrogen-bond donors (Lipinski definition) is 0. The molecule has 0 radical (unpaired) electrons. The Morgan fingerprint density at radius 1 is 0.622 bits per heavy atom. The van der Waals surface area contributed by atoms with Gasteiger partial charge in [-0.1, -0.05) is 135 Å². The minimum atomic E-state index is 0.00195. The Labute approximate surface area is 268 Å². The van der Waals surface area contributed by atoms with Crippen LogP contribution in [0.2, 0.25) is 0 Å². The predicted octanol–water partition coefficient (Wildman–Crippen LogP) is 12.2. The summed E-state index contributed by atoms with van der Waals surface area (Å²) in [6.45, 7) is 4.89. The maximum atomic E-state index is 2.57. The molecule has 1 aromatic heterocycles. The monoisotopic (exact) mass is 595 g/mol. The summed E-state index contributed by atoms with van der Waals surface area (Å²) in [6.07, 6.45) is 7.44. The second-order valence-electron chi connectivity index (χ2n) is 13.0. The molecule has 2 unspecified atom stereocenters. The molecule has 0 saturated heterocycles. The van der Waals surface area contributed by atoms with E-state index in [2.05, 4.69) is 170 Å². The van der Waals surface area contributed by atoms with E-state index in [1.54, 1.807) is 0 Å². The summed E-state index contributed by atoms with van der Waals surface area (Å²) in [5, 5.41) is 5.27. The largest absolute Gasteiger partial charge is 0.310 e. The molecule has 2 aliphatic rings. The van der Waals surface area contributed by atoms with Crippen molar-refractivity contribution in [2.75, 3.05) is 4.90 Å². The summed E-state index contributed by atoms with van der Waals surface area (Å²) in [4.78, 5) is 2.47. The summed E-state index contributed by atoms with van der Waals surface area (Å²) < 4.78 is 2.83. The topological polar surface area (TPSA) is 3.24 Å². The van der Waals surface area contributed by atoms with E-state index in [4.69, 9.17) is 0 Å². The summed E-state index contributed by atoms with van der Waals surface area (Å²) >= 11 is 1.96. The summed E-state index contributed by atoms with van der Waals surface area (Å²) in [7, 11) is 0. The summed E-state index contributed by atoms with van der Waals surface area (Å²) in [5.74, 6) is 0.703. The van der Waals surface area contributed by atoms with Crippen LogP contribution in [-0.4, -0.2) is 0 Å². The van der Waals surface area contributed by atoms with Crippen molar-refractivity contribution < 1.29 is 0 Å². The molecular formula is C43H33NS. The summed E-state index contributed by atoms with van der Waals surface area (Å²) in [5.41, 5.74) is 9.08. The van der Waals surface area contributed by atoms with Crippen LogP contribution in [0.3, 0.4) is 0 Å². The SMILES string of the molecule is CC1(C)c2ccc3c(sc4ccccc43)c2C2C=CC(N(c3ccc(-c4ccccc4)cc3)c3cccc4ccccc34)=CC21. The van der Waals surface area contributed by atoms with Gasteiger partial charge in [-0.05, 0) is 69.3 Å². The lowest BCUT2D eigenvalue weighted by molar-refractivity contribution is 0.392. The minimum absolute atomic E-state index is 0.00195. The van der Waals surface area contributed by atoms with E-state index in [1.165, 1.54) is 70.3 Å². The van der Waals surface area contributed by atoms with Crippen LogP contribution >= 0.6 is 11.3 Å². The molecule has 1 heterocycles. The van der Waals surface area contributed by atoms with Gasteiger partial charge in [-0.25, -0.2) is 0 Å². The number of nitrogens with zero attached hydrogens (tertiary/aromatic N) is 1. The molecule has 0 aliphatic heterocycles. The first-order chi connectivity index (χ1) is 22.1. The van der Waals surface area contributed by atoms with Crippen LogP contribution < -0.4 is 4.90 Å². The first kappa shape index (κ1) is 26.5. The van der Waals surface area contributed by atoms with Gasteiger partial charge in [0.15, 0.2) is 0 Å². The molecule has 45 heavy (non-hydrogen) atoms. The normalized spacial score (nSPS) is 18.2. The van der Waals surface area contributed by atoms with E-state index in [0.29, 0.717) is 11.8 Å². The molecule has 1 nitrogen and oxygen atoms in total. The molecule has 6 aromatic carbocycles. The summed E-state index contributed by atoms with van der Waals surface area (Å²) in [6, 6.07) is 48.8. The predicted molar refractivity (Wildman–Crippen MR) is 194 cm³/mol. The van der Waals surface area contributed by atoms with E-state index in [1.807, 2.05) is 11.3 Å². The quantitative estimate of drug-likeness (QED) is 0.196. The van der Waals surface area contributed by atoms with Crippen molar-refractivity contribution in [2.45, 2.75) is 25.2 Å². The molecule has 0 saturated carbocycles. The Morgan fingerprint density at radius 2 is 1.33 bits per heavy atom. The third kappa shape index (κ3) is 4.06. The van der Waals surface area contributed by atoms with Gasteiger partial charge in [0.2, 0.25) is 0 Å². The van der Waals surface area contributed by atoms with Crippen LogP contribution in [0.25, 0.3) is 42.1 Å². The highest BCUT2D eigenvalue weighted by molar-refractivity contribution is 7.26. The standard InChI is InChI=1S/C43H33NS/c1-43(2)37-26-25-35-34-16-8-9-18-40(34)45-42(35)41(37)36-24-23-32(27-38(36)43)44(39-17-10-14-30-13-6-7-15-33(30)39)31-21-19-29(20-22-31)28-11-4-3-5-12-28/h3-27,36,38H,1-2H3. The molecule has 0 fully saturated rings. The van der Waals surface area contributed by atoms with Crippen LogP contribution in [0.5, 0.6) is 0 Å². The Balaban J connectivity index is 1.20. The maximum absolute atomic E-state index is 2.57. The highest BCUT2D eigenvalue weighted by Gasteiger charge is 2.46. The van der Waals surface area contributed by atoms with Crippen LogP contribution in [0.1, 0.15) is 30.9 Å². The van der Waals surface area contributed by atoms with E-state index >= 15 is 0 Å². The molecule has 2 aliphatic carbocycles. The average molecular weight is 596 g/mol. The van der Waals surface area contributed by atoms with E-state index < -0.39 is 0 Å². The maximum Gasteiger partial charge on any atom is 0.0539 e. The average Bonchev–Trinajstić information content (AvgIpc) is 3.58. The lowest BCUT2D eigenvalue weighted by Crippen LogP contribution is -2.28. The molecule has 7 aromatic rings. The molecular weight excluding hydrogens is 563 g/mol. The number of benzene rings is 6. The number of allylic oxidation sites excluding steroid dienone is 3. The van der Waals surface area contributed by atoms with Crippen LogP contribution in [0.15, 0.2) is 157 Å². The van der Waals surface area contributed by atoms with E-state index in [0.717, 1.165) is 0 Å². The lowest BCUT2D eigenvalue weighted by atomic mass is 9.74. The van der Waals surface area contributed by atoms with E-state index in [9.17, 15) is 0 Å². The van der Waals surface area contributed by atoms with Gasteiger partial charge < -0.3 is 4.90 Å². The van der Waals surface area contributed by atoms with Crippen molar-refractivity contribution in [1.82, 2.24) is 0 Å². The van der Waals surface area contributed by atoms with Gasteiger partial charge >= 0.3 is 0 Å². The molecule has 0 amide bonds. The van der Waals surface area contributed by atoms with Gasteiger partial charge in [-0.3, -0.25) is 0 Å². The minimum Gasteiger partial charge on any atom is -0.310 e. The number of hydrogen-bond acceptors (Lipinski definition) is 2. The van der Waals surface area contributed by atoms with Crippen molar-refractivity contribution in [2.24, 2.45) is 5.92 Å². The van der Waals surface area contributed by atoms with Crippen molar-refractivity contribution in [3.63, 3.8) is 0 Å². The van der Waals surface area contributed by atoms with Gasteiger partial charge in [0, 0.05) is 42.9 Å². The van der Waals surface area contributed by atoms with Gasteiger partial charge in [-0.15, -0.1) is 11.3 Å². The molecule has 9 rings (SSSR count). The first-order valence-electron chi connectivity index (χ1n) is 15.9. The van der Waals surface area contributed by atoms with Crippen molar-refractivity contribution >= 4 is 53.7 Å². The molecule has 216 valence electrons. The van der Waals surface area contributed by atoms with Crippen molar-refractivity contribution in [1.29, 1.82) is 0 Å². The Hall–Kier alpha value is -4.92. The Bertz CT molecular complexity index is 2300. The van der Waals surface area contributed by atoms with Crippen molar-refractivity contribution in [3.8, 4) is 11.1 Å². The van der Waals surface area contributed by atoms with E-state index in [-0.39, 0.29) is 5.41 Å². The van der Waals surface area contributed by atoms with Crippen LogP contribution in [0.4, 0.5) is 11.4 Å². The fourth-order valence-corrected chi connectivity index (χ4v) is 9.19. The first-order valence-corrected chi connectivity index (χ1v) is 16.7. The lowest BCUT2D eigenvalue weighted by Gasteiger charge is -2.35. The third-order valence-corrected chi connectivity index (χ3v) is 11.4. The highest BCUT2D eigenvalue weighted by atomic mass is 32.1. The molecule has 2 heteroatoms. The molecule has 0 spiro atoms. The second kappa shape index (κ2) is 10.1. The van der Waals surface area contributed by atoms with Gasteiger partial charge in [0.25, 0.3) is 0 Å². The smallest absolute Gasteiger partial charge is 0.0539 e. The molecule has 0 N–H and O–H groups in total. The molecule has 0 bridgehead atoms. The van der Waals surface area contributed by atoms with Crippen molar-refractivity contribution in [3.05, 3.63) is 169 Å². The van der Waals surface area contributed by atoms with Gasteiger partial charge in [0.1, 0.15) is 0 Å². The highest BCUT2D eigenvalue weighted by Crippen LogP contribution is 2.57. The Kier molecular flexibility index (Phi) is 5.92. The zero-order valence-electron chi connectivity index (χ0n) is 25.4. The zero-order valence-corrected chi connectivity index (χ0v) is 26.3. The number of anilines is 2. The number of rotatable bonds is 4. The van der Waals surface area contributed by atoms with Gasteiger partial charge in [-0.2, -0.15) is 0 Å². The van der Waals surface area contributed by atoms with Crippen LogP contribution in [-0.2, 0) is 5.41 Å².